The molecule has 2 aromatic rings. The van der Waals surface area contributed by atoms with E-state index in [-0.39, 0.29) is 22.1 Å². The molecular weight excluding hydrogens is 470 g/mol. The van der Waals surface area contributed by atoms with Crippen molar-refractivity contribution in [3.05, 3.63) is 52.5 Å². The van der Waals surface area contributed by atoms with E-state index in [2.05, 4.69) is 0 Å². The average molecular weight is 498 g/mol. The van der Waals surface area contributed by atoms with Crippen LogP contribution in [0, 0.1) is 5.92 Å². The number of sulfonamides is 1. The van der Waals surface area contributed by atoms with Crippen molar-refractivity contribution in [1.29, 1.82) is 0 Å². The number of methoxy groups -OCH3 is 1. The number of halogens is 1. The predicted molar refractivity (Wildman–Crippen MR) is 123 cm³/mol. The van der Waals surface area contributed by atoms with Gasteiger partial charge in [0, 0.05) is 13.1 Å². The molecule has 2 aromatic carbocycles. The van der Waals surface area contributed by atoms with Crippen molar-refractivity contribution in [2.24, 2.45) is 5.92 Å². The van der Waals surface area contributed by atoms with Crippen LogP contribution >= 0.6 is 11.6 Å². The molecule has 0 saturated carbocycles. The highest BCUT2D eigenvalue weighted by Gasteiger charge is 2.26. The average Bonchev–Trinajstić information content (AvgIpc) is 2.81. The van der Waals surface area contributed by atoms with E-state index in [1.54, 1.807) is 12.1 Å². The van der Waals surface area contributed by atoms with Crippen LogP contribution in [0.5, 0.6) is 11.5 Å². The second-order valence-electron chi connectivity index (χ2n) is 7.93. The second-order valence-corrected chi connectivity index (χ2v) is 10.3. The SMILES string of the molecule is COc1cc(C(=O)OCc2cccc(S(=O)(=O)N3CCOCC3)c2)cc(Cl)c1OCC(C)C. The normalized spacial score (nSPS) is 14.8. The maximum atomic E-state index is 12.9. The summed E-state index contributed by atoms with van der Waals surface area (Å²) >= 11 is 6.31. The Labute approximate surface area is 199 Å². The number of rotatable bonds is 9. The van der Waals surface area contributed by atoms with Crippen molar-refractivity contribution in [3.63, 3.8) is 0 Å². The molecule has 10 heteroatoms. The Hall–Kier alpha value is -2.33. The maximum Gasteiger partial charge on any atom is 0.338 e. The van der Waals surface area contributed by atoms with Gasteiger partial charge in [-0.25, -0.2) is 13.2 Å². The van der Waals surface area contributed by atoms with Crippen molar-refractivity contribution >= 4 is 27.6 Å². The second kappa shape index (κ2) is 11.2. The van der Waals surface area contributed by atoms with E-state index in [9.17, 15) is 13.2 Å². The van der Waals surface area contributed by atoms with Gasteiger partial charge in [-0.15, -0.1) is 0 Å². The van der Waals surface area contributed by atoms with Gasteiger partial charge in [0.05, 0.1) is 42.4 Å². The fourth-order valence-electron chi connectivity index (χ4n) is 3.19. The lowest BCUT2D eigenvalue weighted by Gasteiger charge is -2.26. The first-order valence-electron chi connectivity index (χ1n) is 10.6. The van der Waals surface area contributed by atoms with Crippen molar-refractivity contribution < 1.29 is 32.2 Å². The third-order valence-corrected chi connectivity index (χ3v) is 7.08. The van der Waals surface area contributed by atoms with E-state index < -0.39 is 16.0 Å². The van der Waals surface area contributed by atoms with E-state index >= 15 is 0 Å². The van der Waals surface area contributed by atoms with E-state index in [0.29, 0.717) is 55.9 Å². The van der Waals surface area contributed by atoms with Crippen LogP contribution in [0.1, 0.15) is 29.8 Å². The largest absolute Gasteiger partial charge is 0.493 e. The van der Waals surface area contributed by atoms with Gasteiger partial charge >= 0.3 is 5.97 Å². The van der Waals surface area contributed by atoms with Crippen molar-refractivity contribution in [1.82, 2.24) is 4.31 Å². The molecule has 0 N–H and O–H groups in total. The molecule has 0 aliphatic carbocycles. The van der Waals surface area contributed by atoms with Crippen LogP contribution in [0.2, 0.25) is 5.02 Å². The number of benzene rings is 2. The smallest absolute Gasteiger partial charge is 0.338 e. The van der Waals surface area contributed by atoms with E-state index in [1.807, 2.05) is 13.8 Å². The molecular formula is C23H28ClNO7S. The van der Waals surface area contributed by atoms with Gasteiger partial charge in [0.15, 0.2) is 11.5 Å². The summed E-state index contributed by atoms with van der Waals surface area (Å²) in [5, 5.41) is 0.237. The Kier molecular flexibility index (Phi) is 8.58. The summed E-state index contributed by atoms with van der Waals surface area (Å²) < 4.78 is 48.8. The summed E-state index contributed by atoms with van der Waals surface area (Å²) in [4.78, 5) is 12.8. The van der Waals surface area contributed by atoms with Gasteiger partial charge in [-0.05, 0) is 35.7 Å². The molecule has 3 rings (SSSR count). The van der Waals surface area contributed by atoms with Gasteiger partial charge in [0.1, 0.15) is 6.61 Å². The van der Waals surface area contributed by atoms with Crippen LogP contribution < -0.4 is 9.47 Å². The standard InChI is InChI=1S/C23H28ClNO7S/c1-16(2)14-31-22-20(24)12-18(13-21(22)29-3)23(26)32-15-17-5-4-6-19(11-17)33(27,28)25-7-9-30-10-8-25/h4-6,11-13,16H,7-10,14-15H2,1-3H3. The first kappa shape index (κ1) is 25.3. The molecule has 180 valence electrons. The molecule has 1 fully saturated rings. The molecule has 1 heterocycles. The zero-order chi connectivity index (χ0) is 24.0. The molecule has 33 heavy (non-hydrogen) atoms. The molecule has 0 spiro atoms. The van der Waals surface area contributed by atoms with Crippen molar-refractivity contribution in [3.8, 4) is 11.5 Å². The van der Waals surface area contributed by atoms with E-state index in [4.69, 9.17) is 30.5 Å². The topological polar surface area (TPSA) is 91.4 Å². The summed E-state index contributed by atoms with van der Waals surface area (Å²) in [6, 6.07) is 9.31. The first-order chi connectivity index (χ1) is 15.7. The molecule has 1 aliphatic rings. The van der Waals surface area contributed by atoms with Gasteiger partial charge in [-0.1, -0.05) is 37.6 Å². The minimum atomic E-state index is -3.64. The Morgan fingerprint density at radius 1 is 1.18 bits per heavy atom. The lowest BCUT2D eigenvalue weighted by atomic mass is 10.2. The summed E-state index contributed by atoms with van der Waals surface area (Å²) in [5.74, 6) is 0.365. The monoisotopic (exact) mass is 497 g/mol. The fourth-order valence-corrected chi connectivity index (χ4v) is 4.94. The van der Waals surface area contributed by atoms with Crippen LogP contribution in [0.15, 0.2) is 41.3 Å². The number of morpholine rings is 1. The quantitative estimate of drug-likeness (QED) is 0.487. The highest BCUT2D eigenvalue weighted by Crippen LogP contribution is 2.37. The maximum absolute atomic E-state index is 12.9. The zero-order valence-corrected chi connectivity index (χ0v) is 20.4. The van der Waals surface area contributed by atoms with E-state index in [0.717, 1.165) is 0 Å². The van der Waals surface area contributed by atoms with Gasteiger partial charge in [-0.2, -0.15) is 4.31 Å². The lowest BCUT2D eigenvalue weighted by molar-refractivity contribution is 0.0472. The van der Waals surface area contributed by atoms with Gasteiger partial charge < -0.3 is 18.9 Å². The first-order valence-corrected chi connectivity index (χ1v) is 12.4. The number of esters is 1. The van der Waals surface area contributed by atoms with Crippen LogP contribution in [-0.2, 0) is 26.1 Å². The molecule has 1 saturated heterocycles. The summed E-state index contributed by atoms with van der Waals surface area (Å²) in [6.07, 6.45) is 0. The number of carbonyl (C=O) groups is 1. The summed E-state index contributed by atoms with van der Waals surface area (Å²) in [6.45, 7) is 5.71. The molecule has 0 atom stereocenters. The minimum Gasteiger partial charge on any atom is -0.493 e. The highest BCUT2D eigenvalue weighted by atomic mass is 35.5. The Morgan fingerprint density at radius 2 is 1.91 bits per heavy atom. The number of nitrogens with zero attached hydrogens (tertiary/aromatic N) is 1. The van der Waals surface area contributed by atoms with Crippen LogP contribution in [-0.4, -0.2) is 58.7 Å². The summed E-state index contributed by atoms with van der Waals surface area (Å²) in [5.41, 5.74) is 0.749. The fraction of sp³-hybridized carbons (Fsp3) is 0.435. The number of hydrogen-bond donors (Lipinski definition) is 0. The Balaban J connectivity index is 1.71. The third kappa shape index (κ3) is 6.38. The Morgan fingerprint density at radius 3 is 2.58 bits per heavy atom. The molecule has 0 bridgehead atoms. The Bertz CT molecular complexity index is 1080. The number of hydrogen-bond acceptors (Lipinski definition) is 7. The van der Waals surface area contributed by atoms with Gasteiger partial charge in [0.2, 0.25) is 10.0 Å². The lowest BCUT2D eigenvalue weighted by Crippen LogP contribution is -2.40. The molecule has 0 radical (unpaired) electrons. The van der Waals surface area contributed by atoms with Crippen molar-refractivity contribution in [2.75, 3.05) is 40.0 Å². The predicted octanol–water partition coefficient (Wildman–Crippen LogP) is 3.76. The molecule has 0 amide bonds. The number of ether oxygens (including phenoxy) is 4. The van der Waals surface area contributed by atoms with Crippen LogP contribution in [0.25, 0.3) is 0 Å². The van der Waals surface area contributed by atoms with Crippen LogP contribution in [0.3, 0.4) is 0 Å². The van der Waals surface area contributed by atoms with Gasteiger partial charge in [0.25, 0.3) is 0 Å². The molecule has 8 nitrogen and oxygen atoms in total. The van der Waals surface area contributed by atoms with Crippen molar-refractivity contribution in [2.45, 2.75) is 25.3 Å². The molecule has 0 aromatic heterocycles. The van der Waals surface area contributed by atoms with Crippen LogP contribution in [0.4, 0.5) is 0 Å². The minimum absolute atomic E-state index is 0.100. The summed E-state index contributed by atoms with van der Waals surface area (Å²) in [7, 11) is -2.18. The molecule has 0 unspecified atom stereocenters. The third-order valence-electron chi connectivity index (χ3n) is 4.90. The zero-order valence-electron chi connectivity index (χ0n) is 18.9. The number of carbonyl (C=O) groups excluding carboxylic acids is 1. The van der Waals surface area contributed by atoms with E-state index in [1.165, 1.54) is 35.7 Å². The van der Waals surface area contributed by atoms with Gasteiger partial charge in [-0.3, -0.25) is 0 Å². The molecule has 1 aliphatic heterocycles. The highest BCUT2D eigenvalue weighted by molar-refractivity contribution is 7.89.